The maximum Gasteiger partial charge on any atom is 0.270 e. The van der Waals surface area contributed by atoms with Gasteiger partial charge in [0.2, 0.25) is 0 Å². The minimum Gasteiger partial charge on any atom is -0.493 e. The molecule has 1 amide bonds. The molecular weight excluding hydrogens is 410 g/mol. The molecule has 1 N–H and O–H groups in total. The van der Waals surface area contributed by atoms with Crippen LogP contribution in [0.4, 0.5) is 17.1 Å². The Morgan fingerprint density at radius 1 is 1.17 bits per heavy atom. The van der Waals surface area contributed by atoms with Crippen LogP contribution in [0.25, 0.3) is 0 Å². The third kappa shape index (κ3) is 4.59. The molecule has 0 spiro atoms. The van der Waals surface area contributed by atoms with Crippen molar-refractivity contribution in [3.05, 3.63) is 51.0 Å². The lowest BCUT2D eigenvalue weighted by Gasteiger charge is -2.33. The second-order valence-corrected chi connectivity index (χ2v) is 7.68. The van der Waals surface area contributed by atoms with Gasteiger partial charge in [0.05, 0.1) is 41.1 Å². The molecule has 160 valence electrons. The topological polar surface area (TPSA) is 93.9 Å². The van der Waals surface area contributed by atoms with Crippen LogP contribution in [0.5, 0.6) is 11.5 Å². The predicted octanol–water partition coefficient (Wildman–Crippen LogP) is 4.75. The molecule has 3 rings (SSSR count). The van der Waals surface area contributed by atoms with Crippen molar-refractivity contribution in [2.24, 2.45) is 5.92 Å². The van der Waals surface area contributed by atoms with E-state index < -0.39 is 10.8 Å². The van der Waals surface area contributed by atoms with Gasteiger partial charge in [0.25, 0.3) is 11.6 Å². The van der Waals surface area contributed by atoms with E-state index in [2.05, 4.69) is 17.1 Å². The number of nitro groups is 1. The molecule has 30 heavy (non-hydrogen) atoms. The number of anilines is 2. The van der Waals surface area contributed by atoms with Gasteiger partial charge in [-0.2, -0.15) is 0 Å². The van der Waals surface area contributed by atoms with Gasteiger partial charge in [-0.25, -0.2) is 0 Å². The Bertz CT molecular complexity index is 958. The standard InChI is InChI=1S/C21H24ClN3O5/c1-13-6-8-24(9-7-13)18-5-4-14(25(27)28)10-15(18)21(26)23-17-12-20(30-3)19(29-2)11-16(17)22/h4-5,10-13H,6-9H2,1-3H3,(H,23,26). The smallest absolute Gasteiger partial charge is 0.270 e. The number of amides is 1. The van der Waals surface area contributed by atoms with Crippen LogP contribution in [0.15, 0.2) is 30.3 Å². The van der Waals surface area contributed by atoms with E-state index in [1.165, 1.54) is 32.4 Å². The van der Waals surface area contributed by atoms with E-state index in [9.17, 15) is 14.9 Å². The van der Waals surface area contributed by atoms with Crippen molar-refractivity contribution in [1.82, 2.24) is 0 Å². The van der Waals surface area contributed by atoms with Crippen LogP contribution in [-0.4, -0.2) is 38.1 Å². The molecule has 1 heterocycles. The predicted molar refractivity (Wildman–Crippen MR) is 116 cm³/mol. The van der Waals surface area contributed by atoms with E-state index in [4.69, 9.17) is 21.1 Å². The zero-order valence-corrected chi connectivity index (χ0v) is 17.9. The maximum atomic E-state index is 13.1. The average Bonchev–Trinajstić information content (AvgIpc) is 2.74. The largest absolute Gasteiger partial charge is 0.493 e. The quantitative estimate of drug-likeness (QED) is 0.521. The first-order valence-corrected chi connectivity index (χ1v) is 9.98. The fraction of sp³-hybridized carbons (Fsp3) is 0.381. The van der Waals surface area contributed by atoms with Gasteiger partial charge in [-0.1, -0.05) is 18.5 Å². The number of non-ortho nitro benzene ring substituents is 1. The number of halogens is 1. The Morgan fingerprint density at radius 3 is 2.40 bits per heavy atom. The minimum absolute atomic E-state index is 0.146. The number of carbonyl (C=O) groups is 1. The summed E-state index contributed by atoms with van der Waals surface area (Å²) < 4.78 is 10.5. The highest BCUT2D eigenvalue weighted by atomic mass is 35.5. The van der Waals surface area contributed by atoms with Gasteiger partial charge in [-0.3, -0.25) is 14.9 Å². The van der Waals surface area contributed by atoms with Crippen LogP contribution >= 0.6 is 11.6 Å². The normalized spacial score (nSPS) is 14.3. The number of nitro benzene ring substituents is 1. The Kier molecular flexibility index (Phi) is 6.66. The summed E-state index contributed by atoms with van der Waals surface area (Å²) in [6, 6.07) is 7.46. The first-order chi connectivity index (χ1) is 14.3. The van der Waals surface area contributed by atoms with Crippen molar-refractivity contribution in [3.63, 3.8) is 0 Å². The molecule has 1 fully saturated rings. The molecule has 0 atom stereocenters. The number of hydrogen-bond donors (Lipinski definition) is 1. The van der Waals surface area contributed by atoms with Crippen LogP contribution in [0.2, 0.25) is 5.02 Å². The Labute approximate surface area is 179 Å². The van der Waals surface area contributed by atoms with E-state index in [0.29, 0.717) is 28.8 Å². The maximum absolute atomic E-state index is 13.1. The summed E-state index contributed by atoms with van der Waals surface area (Å²) in [4.78, 5) is 26.0. The van der Waals surface area contributed by atoms with Crippen molar-refractivity contribution >= 4 is 34.6 Å². The third-order valence-electron chi connectivity index (χ3n) is 5.28. The summed E-state index contributed by atoms with van der Waals surface area (Å²) in [7, 11) is 2.97. The fourth-order valence-corrected chi connectivity index (χ4v) is 3.69. The van der Waals surface area contributed by atoms with Crippen LogP contribution in [0, 0.1) is 16.0 Å². The van der Waals surface area contributed by atoms with Crippen LogP contribution in [-0.2, 0) is 0 Å². The number of methoxy groups -OCH3 is 2. The lowest BCUT2D eigenvalue weighted by Crippen LogP contribution is -2.34. The summed E-state index contributed by atoms with van der Waals surface area (Å²) in [6.07, 6.45) is 2.00. The second kappa shape index (κ2) is 9.21. The van der Waals surface area contributed by atoms with Crippen LogP contribution in [0.1, 0.15) is 30.1 Å². The summed E-state index contributed by atoms with van der Waals surface area (Å²) in [5.74, 6) is 0.962. The molecule has 1 saturated heterocycles. The van der Waals surface area contributed by atoms with E-state index >= 15 is 0 Å². The van der Waals surface area contributed by atoms with Gasteiger partial charge < -0.3 is 19.7 Å². The van der Waals surface area contributed by atoms with Gasteiger partial charge in [-0.05, 0) is 24.8 Å². The Morgan fingerprint density at radius 2 is 1.80 bits per heavy atom. The average molecular weight is 434 g/mol. The zero-order chi connectivity index (χ0) is 21.8. The lowest BCUT2D eigenvalue weighted by molar-refractivity contribution is -0.384. The number of hydrogen-bond acceptors (Lipinski definition) is 6. The molecule has 1 aliphatic rings. The summed E-state index contributed by atoms with van der Waals surface area (Å²) in [6.45, 7) is 3.77. The molecule has 1 aliphatic heterocycles. The number of rotatable bonds is 6. The number of piperidine rings is 1. The summed E-state index contributed by atoms with van der Waals surface area (Å²) >= 11 is 6.29. The first-order valence-electron chi connectivity index (χ1n) is 9.60. The molecule has 0 aliphatic carbocycles. The SMILES string of the molecule is COc1cc(Cl)c(NC(=O)c2cc([N+](=O)[O-])ccc2N2CCC(C)CC2)cc1OC. The number of nitrogens with zero attached hydrogens (tertiary/aromatic N) is 2. The molecule has 9 heteroatoms. The van der Waals surface area contributed by atoms with Gasteiger partial charge in [-0.15, -0.1) is 0 Å². The number of benzene rings is 2. The molecule has 0 bridgehead atoms. The molecule has 0 aromatic heterocycles. The minimum atomic E-state index is -0.512. The van der Waals surface area contributed by atoms with Gasteiger partial charge in [0.15, 0.2) is 11.5 Å². The highest BCUT2D eigenvalue weighted by Gasteiger charge is 2.24. The molecule has 0 radical (unpaired) electrons. The summed E-state index contributed by atoms with van der Waals surface area (Å²) in [5.41, 5.74) is 1.07. The number of nitrogens with one attached hydrogen (secondary N) is 1. The summed E-state index contributed by atoms with van der Waals surface area (Å²) in [5, 5.41) is 14.3. The van der Waals surface area contributed by atoms with Crippen molar-refractivity contribution in [3.8, 4) is 11.5 Å². The van der Waals surface area contributed by atoms with E-state index in [1.54, 1.807) is 12.1 Å². The molecule has 8 nitrogen and oxygen atoms in total. The van der Waals surface area contributed by atoms with Crippen molar-refractivity contribution < 1.29 is 19.2 Å². The van der Waals surface area contributed by atoms with Gasteiger partial charge >= 0.3 is 0 Å². The van der Waals surface area contributed by atoms with Crippen molar-refractivity contribution in [2.45, 2.75) is 19.8 Å². The second-order valence-electron chi connectivity index (χ2n) is 7.27. The highest BCUT2D eigenvalue weighted by molar-refractivity contribution is 6.34. The van der Waals surface area contributed by atoms with E-state index in [1.807, 2.05) is 0 Å². The highest BCUT2D eigenvalue weighted by Crippen LogP contribution is 2.37. The Balaban J connectivity index is 1.96. The van der Waals surface area contributed by atoms with E-state index in [-0.39, 0.29) is 16.3 Å². The number of carbonyl (C=O) groups excluding carboxylic acids is 1. The lowest BCUT2D eigenvalue weighted by atomic mass is 9.98. The zero-order valence-electron chi connectivity index (χ0n) is 17.1. The van der Waals surface area contributed by atoms with Crippen LogP contribution < -0.4 is 19.7 Å². The monoisotopic (exact) mass is 433 g/mol. The molecule has 0 saturated carbocycles. The van der Waals surface area contributed by atoms with Crippen molar-refractivity contribution in [2.75, 3.05) is 37.5 Å². The van der Waals surface area contributed by atoms with Crippen molar-refractivity contribution in [1.29, 1.82) is 0 Å². The molecule has 2 aromatic carbocycles. The van der Waals surface area contributed by atoms with Gasteiger partial charge in [0, 0.05) is 37.4 Å². The third-order valence-corrected chi connectivity index (χ3v) is 5.59. The first kappa shape index (κ1) is 21.7. The van der Waals surface area contributed by atoms with E-state index in [0.717, 1.165) is 25.9 Å². The van der Waals surface area contributed by atoms with Crippen LogP contribution in [0.3, 0.4) is 0 Å². The molecular formula is C21H24ClN3O5. The number of ether oxygens (including phenoxy) is 2. The molecule has 2 aromatic rings. The fourth-order valence-electron chi connectivity index (χ4n) is 3.48. The van der Waals surface area contributed by atoms with Gasteiger partial charge in [0.1, 0.15) is 0 Å². The Hall–Kier alpha value is -3.00. The molecule has 0 unspecified atom stereocenters.